The SMILES string of the molecule is NC(N)=C(/C=C(\N)c1ccccc1O)O[C@H]1CCCN(c2ccc(N3CCN(CCCCC(=O)N4CCC(n5cc(COc6cccc7c6C(=O)N(C6CCC(=O)NC6)C7=O)nn5)CC4)CC3)cc2)C1. The number of imide groups is 1. The number of piperidine rings is 3. The van der Waals surface area contributed by atoms with Crippen molar-refractivity contribution in [3.8, 4) is 11.5 Å². The number of aromatic hydroxyl groups is 1. The number of amides is 4. The third-order valence-electron chi connectivity index (χ3n) is 14.2. The summed E-state index contributed by atoms with van der Waals surface area (Å²) in [5.74, 6) is 0.0319. The van der Waals surface area contributed by atoms with Crippen molar-refractivity contribution in [2.24, 2.45) is 17.2 Å². The molecule has 2 atom stereocenters. The van der Waals surface area contributed by atoms with Crippen LogP contribution in [0.4, 0.5) is 11.4 Å². The lowest BCUT2D eigenvalue weighted by Crippen LogP contribution is -2.50. The Morgan fingerprint density at radius 1 is 0.814 bits per heavy atom. The standard InChI is InChI=1S/C51H64N12O7/c52-42(40-8-1-2-10-43(40)64)29-45(49(53)54)70-39-7-6-22-61(32-39)36-15-13-35(14-16-36)59-27-25-58(26-28-59)21-4-3-12-47(66)60-23-19-37(20-24-60)62-31-34(56-57-62)33-69-44-11-5-9-41-48(44)51(68)63(50(41)67)38-17-18-46(65)55-30-38/h1-2,5,8-11,13-16,29,31,37-39,64H,3-4,6-7,12,17-28,30,32-33,52-54H2,(H,55,65)/b42-29-/t38?,39-/m0/s1. The van der Waals surface area contributed by atoms with Gasteiger partial charge in [-0.15, -0.1) is 5.10 Å². The molecule has 0 spiro atoms. The topological polar surface area (TPSA) is 244 Å². The Labute approximate surface area is 407 Å². The van der Waals surface area contributed by atoms with Crippen LogP contribution in [0.3, 0.4) is 0 Å². The normalized spacial score (nSPS) is 20.3. The van der Waals surface area contributed by atoms with Crippen LogP contribution in [-0.2, 0) is 20.9 Å². The lowest BCUT2D eigenvalue weighted by Gasteiger charge is -2.37. The maximum absolute atomic E-state index is 13.4. The van der Waals surface area contributed by atoms with Gasteiger partial charge in [0, 0.05) is 93.9 Å². The van der Waals surface area contributed by atoms with Gasteiger partial charge in [0.25, 0.3) is 11.8 Å². The molecule has 1 aromatic heterocycles. The fourth-order valence-corrected chi connectivity index (χ4v) is 10.2. The van der Waals surface area contributed by atoms with Gasteiger partial charge in [0.15, 0.2) is 5.76 Å². The van der Waals surface area contributed by atoms with Crippen LogP contribution in [-0.4, -0.2) is 136 Å². The average Bonchev–Trinajstić information content (AvgIpc) is 3.96. The third-order valence-corrected chi connectivity index (χ3v) is 14.2. The van der Waals surface area contributed by atoms with Crippen molar-refractivity contribution in [1.29, 1.82) is 0 Å². The van der Waals surface area contributed by atoms with Crippen LogP contribution in [0.1, 0.15) is 95.8 Å². The van der Waals surface area contributed by atoms with Crippen molar-refractivity contribution in [3.63, 3.8) is 0 Å². The molecule has 5 aliphatic rings. The molecule has 8 N–H and O–H groups in total. The van der Waals surface area contributed by atoms with E-state index < -0.39 is 11.9 Å². The molecular formula is C51H64N12O7. The largest absolute Gasteiger partial charge is 0.507 e. The summed E-state index contributed by atoms with van der Waals surface area (Å²) in [4.78, 5) is 62.0. The second-order valence-corrected chi connectivity index (χ2v) is 18.8. The number of para-hydroxylation sites is 1. The summed E-state index contributed by atoms with van der Waals surface area (Å²) in [6.07, 6.45) is 9.72. The number of carbonyl (C=O) groups excluding carboxylic acids is 4. The summed E-state index contributed by atoms with van der Waals surface area (Å²) in [5.41, 5.74) is 22.5. The van der Waals surface area contributed by atoms with Crippen molar-refractivity contribution < 1.29 is 33.8 Å². The molecular weight excluding hydrogens is 893 g/mol. The highest BCUT2D eigenvalue weighted by molar-refractivity contribution is 6.23. The molecule has 1 unspecified atom stereocenters. The highest BCUT2D eigenvalue weighted by Gasteiger charge is 2.43. The predicted molar refractivity (Wildman–Crippen MR) is 263 cm³/mol. The number of ether oxygens (including phenoxy) is 2. The predicted octanol–water partition coefficient (Wildman–Crippen LogP) is 3.67. The van der Waals surface area contributed by atoms with E-state index in [1.54, 1.807) is 48.5 Å². The lowest BCUT2D eigenvalue weighted by molar-refractivity contribution is -0.132. The van der Waals surface area contributed by atoms with Crippen LogP contribution in [0.25, 0.3) is 5.70 Å². The number of rotatable bonds is 16. The van der Waals surface area contributed by atoms with E-state index in [1.807, 2.05) is 15.8 Å². The molecule has 6 heterocycles. The van der Waals surface area contributed by atoms with Gasteiger partial charge in [-0.1, -0.05) is 23.4 Å². The Bertz CT molecular complexity index is 2590. The van der Waals surface area contributed by atoms with Crippen LogP contribution in [0.5, 0.6) is 11.5 Å². The van der Waals surface area contributed by atoms with Crippen molar-refractivity contribution in [3.05, 3.63) is 113 Å². The number of allylic oxidation sites excluding steroid dienone is 1. The highest BCUT2D eigenvalue weighted by atomic mass is 16.5. The molecule has 0 aliphatic carbocycles. The summed E-state index contributed by atoms with van der Waals surface area (Å²) < 4.78 is 14.2. The number of benzene rings is 3. The first-order valence-corrected chi connectivity index (χ1v) is 24.6. The van der Waals surface area contributed by atoms with Crippen LogP contribution < -0.4 is 37.1 Å². The monoisotopic (exact) mass is 957 g/mol. The number of aromatic nitrogens is 3. The maximum Gasteiger partial charge on any atom is 0.265 e. The minimum Gasteiger partial charge on any atom is -0.507 e. The Balaban J connectivity index is 0.659. The van der Waals surface area contributed by atoms with Crippen LogP contribution in [0.15, 0.2) is 90.6 Å². The van der Waals surface area contributed by atoms with E-state index in [0.717, 1.165) is 83.5 Å². The first-order valence-electron chi connectivity index (χ1n) is 24.6. The molecule has 370 valence electrons. The number of hydrogen-bond acceptors (Lipinski definition) is 15. The molecule has 0 radical (unpaired) electrons. The first-order chi connectivity index (χ1) is 34.0. The summed E-state index contributed by atoms with van der Waals surface area (Å²) in [6.45, 7) is 8.06. The van der Waals surface area contributed by atoms with Crippen LogP contribution >= 0.6 is 0 Å². The molecule has 19 nitrogen and oxygen atoms in total. The second kappa shape index (κ2) is 21.6. The van der Waals surface area contributed by atoms with E-state index in [-0.39, 0.29) is 66.6 Å². The van der Waals surface area contributed by atoms with Crippen LogP contribution in [0, 0.1) is 0 Å². The number of nitrogens with zero attached hydrogens (tertiary/aromatic N) is 8. The molecule has 4 fully saturated rings. The number of likely N-dealkylation sites (tertiary alicyclic amines) is 1. The lowest BCUT2D eigenvalue weighted by atomic mass is 10.0. The van der Waals surface area contributed by atoms with E-state index >= 15 is 0 Å². The summed E-state index contributed by atoms with van der Waals surface area (Å²) in [7, 11) is 0. The van der Waals surface area contributed by atoms with Gasteiger partial charge in [-0.25, -0.2) is 4.68 Å². The number of fused-ring (bicyclic) bond motifs is 1. The fraction of sp³-hybridized carbons (Fsp3) is 0.451. The second-order valence-electron chi connectivity index (χ2n) is 18.8. The molecule has 4 saturated heterocycles. The average molecular weight is 957 g/mol. The minimum absolute atomic E-state index is 0.0313. The van der Waals surface area contributed by atoms with E-state index in [9.17, 15) is 24.3 Å². The van der Waals surface area contributed by atoms with Gasteiger partial charge in [0.05, 0.1) is 36.0 Å². The van der Waals surface area contributed by atoms with Crippen molar-refractivity contribution in [1.82, 2.24) is 35.0 Å². The summed E-state index contributed by atoms with van der Waals surface area (Å²) in [5, 5.41) is 21.7. The molecule has 3 aromatic carbocycles. The third kappa shape index (κ3) is 10.9. The van der Waals surface area contributed by atoms with Crippen molar-refractivity contribution in [2.75, 3.05) is 75.2 Å². The highest BCUT2D eigenvalue weighted by Crippen LogP contribution is 2.34. The molecule has 9 rings (SSSR count). The van der Waals surface area contributed by atoms with E-state index in [4.69, 9.17) is 26.7 Å². The number of hydrogen-bond donors (Lipinski definition) is 5. The minimum atomic E-state index is -0.416. The smallest absolute Gasteiger partial charge is 0.265 e. The van der Waals surface area contributed by atoms with Gasteiger partial charge >= 0.3 is 0 Å². The van der Waals surface area contributed by atoms with Gasteiger partial charge in [-0.3, -0.25) is 29.0 Å². The van der Waals surface area contributed by atoms with Crippen molar-refractivity contribution in [2.45, 2.75) is 82.6 Å². The number of nitrogens with two attached hydrogens (primary N) is 3. The Kier molecular flexibility index (Phi) is 14.7. The molecule has 5 aliphatic heterocycles. The summed E-state index contributed by atoms with van der Waals surface area (Å²) >= 11 is 0. The number of piperazine rings is 1. The number of anilines is 2. The Morgan fingerprint density at radius 2 is 1.57 bits per heavy atom. The van der Waals surface area contributed by atoms with Crippen LogP contribution in [0.2, 0.25) is 0 Å². The zero-order valence-corrected chi connectivity index (χ0v) is 39.6. The summed E-state index contributed by atoms with van der Waals surface area (Å²) in [6, 6.07) is 20.3. The Hall–Kier alpha value is -7.28. The van der Waals surface area contributed by atoms with Gasteiger partial charge in [-0.05, 0) is 100 Å². The van der Waals surface area contributed by atoms with Gasteiger partial charge < -0.3 is 51.8 Å². The first kappa shape index (κ1) is 47.8. The van der Waals surface area contributed by atoms with Crippen molar-refractivity contribution >= 4 is 40.7 Å². The molecule has 70 heavy (non-hydrogen) atoms. The zero-order valence-electron chi connectivity index (χ0n) is 39.6. The van der Waals surface area contributed by atoms with E-state index in [1.165, 1.54) is 10.6 Å². The number of carbonyl (C=O) groups is 4. The molecule has 0 saturated carbocycles. The maximum atomic E-state index is 13.4. The van der Waals surface area contributed by atoms with E-state index in [2.05, 4.69) is 54.6 Å². The fourth-order valence-electron chi connectivity index (χ4n) is 10.2. The number of phenolic OH excluding ortho intramolecular Hbond substituents is 1. The number of phenols is 1. The van der Waals surface area contributed by atoms with Gasteiger partial charge in [0.2, 0.25) is 11.8 Å². The molecule has 19 heteroatoms. The number of nitrogens with one attached hydrogen (secondary N) is 1. The van der Waals surface area contributed by atoms with Gasteiger partial charge in [0.1, 0.15) is 35.7 Å². The Morgan fingerprint density at radius 3 is 2.30 bits per heavy atom. The number of unbranched alkanes of at least 4 members (excludes halogenated alkanes) is 1. The molecule has 0 bridgehead atoms. The molecule has 4 aromatic rings. The zero-order chi connectivity index (χ0) is 48.7. The molecule has 4 amide bonds. The van der Waals surface area contributed by atoms with Gasteiger partial charge in [-0.2, -0.15) is 0 Å². The quantitative estimate of drug-likeness (QED) is 0.0466. The van der Waals surface area contributed by atoms with E-state index in [0.29, 0.717) is 66.5 Å².